The van der Waals surface area contributed by atoms with E-state index in [2.05, 4.69) is 24.4 Å². The monoisotopic (exact) mass is 195 g/mol. The van der Waals surface area contributed by atoms with Crippen LogP contribution >= 0.6 is 11.6 Å². The van der Waals surface area contributed by atoms with E-state index in [1.807, 2.05) is 12.1 Å². The number of benzene rings is 1. The highest BCUT2D eigenvalue weighted by molar-refractivity contribution is 6.31. The molecule has 0 saturated heterocycles. The summed E-state index contributed by atoms with van der Waals surface area (Å²) in [4.78, 5) is 0. The van der Waals surface area contributed by atoms with Crippen LogP contribution in [0.3, 0.4) is 0 Å². The molecule has 0 bridgehead atoms. The third-order valence-electron chi connectivity index (χ3n) is 2.56. The van der Waals surface area contributed by atoms with Crippen LogP contribution in [-0.4, -0.2) is 12.6 Å². The van der Waals surface area contributed by atoms with Crippen molar-refractivity contribution in [2.45, 2.75) is 25.3 Å². The minimum Gasteiger partial charge on any atom is -0.314 e. The molecule has 0 aliphatic heterocycles. The summed E-state index contributed by atoms with van der Waals surface area (Å²) in [6.45, 7) is 3.19. The predicted molar refractivity (Wildman–Crippen MR) is 56.3 cm³/mol. The highest BCUT2D eigenvalue weighted by atomic mass is 35.5. The molecule has 2 heteroatoms. The molecule has 2 unspecified atom stereocenters. The van der Waals surface area contributed by atoms with Gasteiger partial charge in [-0.15, -0.1) is 0 Å². The Morgan fingerprint density at radius 2 is 2.23 bits per heavy atom. The first-order chi connectivity index (χ1) is 6.33. The molecule has 0 amide bonds. The molecule has 1 aliphatic carbocycles. The first-order valence-corrected chi connectivity index (χ1v) is 5.18. The standard InChI is InChI=1S/C11H14ClN/c1-2-13-11-7-9(11)8-5-3-4-6-10(8)12/h3-6,9,11,13H,2,7H2,1H3. The Labute approximate surface area is 84.1 Å². The van der Waals surface area contributed by atoms with Crippen LogP contribution in [0.4, 0.5) is 0 Å². The number of rotatable bonds is 3. The molecule has 70 valence electrons. The SMILES string of the molecule is CCNC1CC1c1ccccc1Cl. The van der Waals surface area contributed by atoms with Crippen LogP contribution < -0.4 is 5.32 Å². The fraction of sp³-hybridized carbons (Fsp3) is 0.455. The number of hydrogen-bond donors (Lipinski definition) is 1. The molecule has 1 aromatic rings. The molecule has 2 atom stereocenters. The molecule has 2 rings (SSSR count). The van der Waals surface area contributed by atoms with Gasteiger partial charge in [-0.05, 0) is 24.6 Å². The molecule has 1 nitrogen and oxygen atoms in total. The zero-order chi connectivity index (χ0) is 9.26. The largest absolute Gasteiger partial charge is 0.314 e. The van der Waals surface area contributed by atoms with Gasteiger partial charge in [-0.1, -0.05) is 36.7 Å². The van der Waals surface area contributed by atoms with Crippen LogP contribution in [-0.2, 0) is 0 Å². The fourth-order valence-electron chi connectivity index (χ4n) is 1.80. The summed E-state index contributed by atoms with van der Waals surface area (Å²) in [6.07, 6.45) is 1.23. The van der Waals surface area contributed by atoms with Crippen molar-refractivity contribution in [3.63, 3.8) is 0 Å². The Hall–Kier alpha value is -0.530. The van der Waals surface area contributed by atoms with Crippen LogP contribution in [0.1, 0.15) is 24.8 Å². The van der Waals surface area contributed by atoms with E-state index < -0.39 is 0 Å². The van der Waals surface area contributed by atoms with Gasteiger partial charge in [-0.3, -0.25) is 0 Å². The summed E-state index contributed by atoms with van der Waals surface area (Å²) < 4.78 is 0. The Morgan fingerprint density at radius 3 is 2.92 bits per heavy atom. The van der Waals surface area contributed by atoms with E-state index in [-0.39, 0.29) is 0 Å². The molecule has 0 aromatic heterocycles. The number of likely N-dealkylation sites (N-methyl/N-ethyl adjacent to an activating group) is 1. The van der Waals surface area contributed by atoms with Crippen molar-refractivity contribution in [2.24, 2.45) is 0 Å². The predicted octanol–water partition coefficient (Wildman–Crippen LogP) is 2.81. The van der Waals surface area contributed by atoms with Crippen molar-refractivity contribution >= 4 is 11.6 Å². The lowest BCUT2D eigenvalue weighted by molar-refractivity contribution is 0.703. The zero-order valence-electron chi connectivity index (χ0n) is 7.76. The second-order valence-electron chi connectivity index (χ2n) is 3.53. The molecular formula is C11H14ClN. The van der Waals surface area contributed by atoms with Gasteiger partial charge in [0.1, 0.15) is 0 Å². The van der Waals surface area contributed by atoms with Gasteiger partial charge in [0.2, 0.25) is 0 Å². The molecule has 13 heavy (non-hydrogen) atoms. The zero-order valence-corrected chi connectivity index (χ0v) is 8.51. The summed E-state index contributed by atoms with van der Waals surface area (Å²) >= 11 is 6.10. The smallest absolute Gasteiger partial charge is 0.0441 e. The lowest BCUT2D eigenvalue weighted by Gasteiger charge is -2.02. The van der Waals surface area contributed by atoms with Crippen molar-refractivity contribution < 1.29 is 0 Å². The van der Waals surface area contributed by atoms with Crippen molar-refractivity contribution in [3.8, 4) is 0 Å². The molecule has 0 radical (unpaired) electrons. The fourth-order valence-corrected chi connectivity index (χ4v) is 2.08. The summed E-state index contributed by atoms with van der Waals surface area (Å²) in [7, 11) is 0. The highest BCUT2D eigenvalue weighted by Crippen LogP contribution is 2.43. The third kappa shape index (κ3) is 1.87. The lowest BCUT2D eigenvalue weighted by Crippen LogP contribution is -2.16. The second kappa shape index (κ2) is 3.69. The summed E-state index contributed by atoms with van der Waals surface area (Å²) in [6, 6.07) is 8.80. The molecule has 1 aromatic carbocycles. The van der Waals surface area contributed by atoms with Crippen molar-refractivity contribution in [1.82, 2.24) is 5.32 Å². The number of hydrogen-bond acceptors (Lipinski definition) is 1. The first kappa shape index (κ1) is 9.04. The Kier molecular flexibility index (Phi) is 2.56. The number of halogens is 1. The van der Waals surface area contributed by atoms with Gasteiger partial charge in [0, 0.05) is 17.0 Å². The van der Waals surface area contributed by atoms with Gasteiger partial charge in [0.25, 0.3) is 0 Å². The Morgan fingerprint density at radius 1 is 1.46 bits per heavy atom. The lowest BCUT2D eigenvalue weighted by atomic mass is 10.1. The molecule has 1 fully saturated rings. The van der Waals surface area contributed by atoms with Gasteiger partial charge >= 0.3 is 0 Å². The van der Waals surface area contributed by atoms with Crippen LogP contribution in [0, 0.1) is 0 Å². The maximum absolute atomic E-state index is 6.10. The topological polar surface area (TPSA) is 12.0 Å². The van der Waals surface area contributed by atoms with Gasteiger partial charge < -0.3 is 5.32 Å². The van der Waals surface area contributed by atoms with Crippen molar-refractivity contribution in [1.29, 1.82) is 0 Å². The van der Waals surface area contributed by atoms with Crippen molar-refractivity contribution in [3.05, 3.63) is 34.9 Å². The van der Waals surface area contributed by atoms with Gasteiger partial charge in [0.05, 0.1) is 0 Å². The molecule has 1 N–H and O–H groups in total. The van der Waals surface area contributed by atoms with Gasteiger partial charge in [0.15, 0.2) is 0 Å². The highest BCUT2D eigenvalue weighted by Gasteiger charge is 2.38. The van der Waals surface area contributed by atoms with E-state index in [0.29, 0.717) is 12.0 Å². The Bertz CT molecular complexity index is 298. The molecule has 0 heterocycles. The first-order valence-electron chi connectivity index (χ1n) is 4.80. The van der Waals surface area contributed by atoms with Crippen LogP contribution in [0.2, 0.25) is 5.02 Å². The quantitative estimate of drug-likeness (QED) is 0.782. The van der Waals surface area contributed by atoms with E-state index in [1.165, 1.54) is 12.0 Å². The van der Waals surface area contributed by atoms with E-state index in [4.69, 9.17) is 11.6 Å². The molecule has 0 spiro atoms. The van der Waals surface area contributed by atoms with Gasteiger partial charge in [-0.25, -0.2) is 0 Å². The minimum atomic E-state index is 0.647. The summed E-state index contributed by atoms with van der Waals surface area (Å²) in [5.41, 5.74) is 1.30. The molecule has 1 saturated carbocycles. The molecular weight excluding hydrogens is 182 g/mol. The van der Waals surface area contributed by atoms with E-state index in [0.717, 1.165) is 11.6 Å². The molecule has 1 aliphatic rings. The van der Waals surface area contributed by atoms with Crippen LogP contribution in [0.5, 0.6) is 0 Å². The van der Waals surface area contributed by atoms with Gasteiger partial charge in [-0.2, -0.15) is 0 Å². The average Bonchev–Trinajstić information content (AvgIpc) is 2.86. The summed E-state index contributed by atoms with van der Waals surface area (Å²) in [5.74, 6) is 0.647. The van der Waals surface area contributed by atoms with Crippen LogP contribution in [0.25, 0.3) is 0 Å². The number of nitrogens with one attached hydrogen (secondary N) is 1. The average molecular weight is 196 g/mol. The maximum atomic E-state index is 6.10. The maximum Gasteiger partial charge on any atom is 0.0441 e. The summed E-state index contributed by atoms with van der Waals surface area (Å²) in [5, 5.41) is 4.35. The minimum absolute atomic E-state index is 0.647. The van der Waals surface area contributed by atoms with E-state index >= 15 is 0 Å². The van der Waals surface area contributed by atoms with E-state index in [9.17, 15) is 0 Å². The normalized spacial score (nSPS) is 26.0. The van der Waals surface area contributed by atoms with E-state index in [1.54, 1.807) is 0 Å². The van der Waals surface area contributed by atoms with Crippen LogP contribution in [0.15, 0.2) is 24.3 Å². The third-order valence-corrected chi connectivity index (χ3v) is 2.91. The Balaban J connectivity index is 2.07. The second-order valence-corrected chi connectivity index (χ2v) is 3.94. The van der Waals surface area contributed by atoms with Crippen molar-refractivity contribution in [2.75, 3.05) is 6.54 Å².